The molecule has 0 aromatic carbocycles. The second kappa shape index (κ2) is 5.20. The lowest BCUT2D eigenvalue weighted by atomic mass is 10.1. The normalized spacial score (nSPS) is 20.9. The van der Waals surface area contributed by atoms with Crippen LogP contribution in [0.25, 0.3) is 0 Å². The summed E-state index contributed by atoms with van der Waals surface area (Å²) in [6.45, 7) is 15.2. The van der Waals surface area contributed by atoms with Crippen LogP contribution in [0.2, 0.25) is 0 Å². The van der Waals surface area contributed by atoms with Crippen LogP contribution in [-0.4, -0.2) is 16.5 Å². The van der Waals surface area contributed by atoms with Gasteiger partial charge >= 0.3 is 0 Å². The predicted molar refractivity (Wildman–Crippen MR) is 79.2 cm³/mol. The van der Waals surface area contributed by atoms with E-state index in [1.807, 2.05) is 0 Å². The van der Waals surface area contributed by atoms with Crippen molar-refractivity contribution in [3.63, 3.8) is 0 Å². The smallest absolute Gasteiger partial charge is 0.132 e. The molecule has 0 radical (unpaired) electrons. The average molecular weight is 261 g/mol. The molecular weight excluding hydrogens is 234 g/mol. The third kappa shape index (κ3) is 3.33. The van der Waals surface area contributed by atoms with Crippen LogP contribution >= 0.6 is 0 Å². The van der Waals surface area contributed by atoms with E-state index in [1.54, 1.807) is 0 Å². The van der Waals surface area contributed by atoms with E-state index in [0.29, 0.717) is 17.3 Å². The van der Waals surface area contributed by atoms with Gasteiger partial charge in [0, 0.05) is 29.4 Å². The van der Waals surface area contributed by atoms with E-state index in [-0.39, 0.29) is 0 Å². The molecule has 1 aromatic heterocycles. The summed E-state index contributed by atoms with van der Waals surface area (Å²) in [4.78, 5) is 9.48. The van der Waals surface area contributed by atoms with Crippen molar-refractivity contribution in [3.8, 4) is 0 Å². The van der Waals surface area contributed by atoms with Crippen molar-refractivity contribution in [1.82, 2.24) is 15.3 Å². The summed E-state index contributed by atoms with van der Waals surface area (Å²) in [5.74, 6) is 2.28. The molecule has 106 valence electrons. The Balaban J connectivity index is 2.09. The average Bonchev–Trinajstić information content (AvgIpc) is 2.91. The molecule has 1 heterocycles. The molecule has 0 amide bonds. The molecule has 2 rings (SSSR count). The number of hydrogen-bond donors (Lipinski definition) is 1. The first kappa shape index (κ1) is 14.4. The maximum atomic E-state index is 4.74. The number of nitrogens with zero attached hydrogens (tertiary/aromatic N) is 2. The van der Waals surface area contributed by atoms with Gasteiger partial charge in [-0.05, 0) is 38.1 Å². The van der Waals surface area contributed by atoms with Gasteiger partial charge < -0.3 is 5.32 Å². The standard InChI is InChI=1S/C16H27N3/c1-10(2)8-17-9-13-11(3)18-15(19-12(13)4)14-7-16(14,5)6/h10,14,17H,7-9H2,1-6H3. The van der Waals surface area contributed by atoms with Gasteiger partial charge in [0.15, 0.2) is 0 Å². The lowest BCUT2D eigenvalue weighted by Gasteiger charge is -2.13. The van der Waals surface area contributed by atoms with Crippen LogP contribution in [-0.2, 0) is 6.54 Å². The number of aromatic nitrogens is 2. The van der Waals surface area contributed by atoms with Crippen LogP contribution in [0, 0.1) is 25.2 Å². The minimum atomic E-state index is 0.399. The summed E-state index contributed by atoms with van der Waals surface area (Å²) in [5, 5.41) is 3.48. The summed E-state index contributed by atoms with van der Waals surface area (Å²) >= 11 is 0. The Hall–Kier alpha value is -0.960. The van der Waals surface area contributed by atoms with Gasteiger partial charge in [0.2, 0.25) is 0 Å². The summed E-state index contributed by atoms with van der Waals surface area (Å²) in [6, 6.07) is 0. The van der Waals surface area contributed by atoms with Crippen molar-refractivity contribution in [2.75, 3.05) is 6.54 Å². The van der Waals surface area contributed by atoms with Gasteiger partial charge in [0.05, 0.1) is 0 Å². The number of nitrogens with one attached hydrogen (secondary N) is 1. The highest BCUT2D eigenvalue weighted by Gasteiger charge is 2.48. The SMILES string of the molecule is Cc1nc(C2CC2(C)C)nc(C)c1CNCC(C)C. The quantitative estimate of drug-likeness (QED) is 0.883. The lowest BCUT2D eigenvalue weighted by Crippen LogP contribution is -2.21. The Bertz CT molecular complexity index is 440. The molecule has 1 unspecified atom stereocenters. The van der Waals surface area contributed by atoms with Crippen molar-refractivity contribution in [2.24, 2.45) is 11.3 Å². The van der Waals surface area contributed by atoms with Gasteiger partial charge in [0.25, 0.3) is 0 Å². The van der Waals surface area contributed by atoms with Gasteiger partial charge in [-0.3, -0.25) is 0 Å². The Kier molecular flexibility index (Phi) is 3.95. The molecule has 0 spiro atoms. The van der Waals surface area contributed by atoms with E-state index in [1.165, 1.54) is 12.0 Å². The van der Waals surface area contributed by atoms with Gasteiger partial charge in [-0.15, -0.1) is 0 Å². The highest BCUT2D eigenvalue weighted by Crippen LogP contribution is 2.57. The Labute approximate surface area is 117 Å². The van der Waals surface area contributed by atoms with Crippen LogP contribution in [0.4, 0.5) is 0 Å². The monoisotopic (exact) mass is 261 g/mol. The first-order valence-corrected chi connectivity index (χ1v) is 7.36. The van der Waals surface area contributed by atoms with E-state index < -0.39 is 0 Å². The molecule has 1 aliphatic rings. The second-order valence-corrected chi connectivity index (χ2v) is 7.00. The lowest BCUT2D eigenvalue weighted by molar-refractivity contribution is 0.547. The Morgan fingerprint density at radius 2 is 1.74 bits per heavy atom. The topological polar surface area (TPSA) is 37.8 Å². The minimum Gasteiger partial charge on any atom is -0.312 e. The first-order chi connectivity index (χ1) is 8.81. The minimum absolute atomic E-state index is 0.399. The zero-order valence-electron chi connectivity index (χ0n) is 13.2. The fourth-order valence-corrected chi connectivity index (χ4v) is 2.57. The molecule has 3 heteroatoms. The Morgan fingerprint density at radius 3 is 2.16 bits per heavy atom. The van der Waals surface area contributed by atoms with Crippen molar-refractivity contribution in [1.29, 1.82) is 0 Å². The van der Waals surface area contributed by atoms with Crippen LogP contribution in [0.3, 0.4) is 0 Å². The maximum Gasteiger partial charge on any atom is 0.132 e. The molecule has 0 aliphatic heterocycles. The number of rotatable bonds is 5. The van der Waals surface area contributed by atoms with Crippen LogP contribution in [0.5, 0.6) is 0 Å². The molecule has 1 N–H and O–H groups in total. The predicted octanol–water partition coefficient (Wildman–Crippen LogP) is 3.35. The highest BCUT2D eigenvalue weighted by molar-refractivity contribution is 5.27. The van der Waals surface area contributed by atoms with Crippen LogP contribution in [0.15, 0.2) is 0 Å². The van der Waals surface area contributed by atoms with Crippen LogP contribution < -0.4 is 5.32 Å². The third-order valence-corrected chi connectivity index (χ3v) is 4.12. The van der Waals surface area contributed by atoms with Gasteiger partial charge in [-0.25, -0.2) is 9.97 Å². The number of hydrogen-bond acceptors (Lipinski definition) is 3. The molecule has 19 heavy (non-hydrogen) atoms. The second-order valence-electron chi connectivity index (χ2n) is 7.00. The summed E-state index contributed by atoms with van der Waals surface area (Å²) in [5.41, 5.74) is 3.95. The fraction of sp³-hybridized carbons (Fsp3) is 0.750. The van der Waals surface area contributed by atoms with E-state index in [0.717, 1.165) is 30.3 Å². The zero-order valence-corrected chi connectivity index (χ0v) is 13.2. The number of aryl methyl sites for hydroxylation is 2. The molecule has 1 atom stereocenters. The summed E-state index contributed by atoms with van der Waals surface area (Å²) in [6.07, 6.45) is 1.22. The maximum absolute atomic E-state index is 4.74. The molecule has 1 aliphatic carbocycles. The van der Waals surface area contributed by atoms with Gasteiger partial charge in [0.1, 0.15) is 5.82 Å². The molecule has 1 saturated carbocycles. The highest BCUT2D eigenvalue weighted by atomic mass is 14.9. The van der Waals surface area contributed by atoms with E-state index in [9.17, 15) is 0 Å². The third-order valence-electron chi connectivity index (χ3n) is 4.12. The fourth-order valence-electron chi connectivity index (χ4n) is 2.57. The Morgan fingerprint density at radius 1 is 1.21 bits per heavy atom. The molecule has 0 saturated heterocycles. The summed E-state index contributed by atoms with van der Waals surface area (Å²) in [7, 11) is 0. The zero-order chi connectivity index (χ0) is 14.2. The van der Waals surface area contributed by atoms with Gasteiger partial charge in [-0.2, -0.15) is 0 Å². The van der Waals surface area contributed by atoms with E-state index in [4.69, 9.17) is 9.97 Å². The van der Waals surface area contributed by atoms with E-state index in [2.05, 4.69) is 46.9 Å². The molecule has 3 nitrogen and oxygen atoms in total. The van der Waals surface area contributed by atoms with Crippen molar-refractivity contribution >= 4 is 0 Å². The molecular formula is C16H27N3. The van der Waals surface area contributed by atoms with Crippen LogP contribution in [0.1, 0.15) is 62.8 Å². The van der Waals surface area contributed by atoms with Gasteiger partial charge in [-0.1, -0.05) is 27.7 Å². The first-order valence-electron chi connectivity index (χ1n) is 7.36. The van der Waals surface area contributed by atoms with E-state index >= 15 is 0 Å². The molecule has 1 fully saturated rings. The van der Waals surface area contributed by atoms with Crippen molar-refractivity contribution in [2.45, 2.75) is 60.4 Å². The molecule has 1 aromatic rings. The van der Waals surface area contributed by atoms with Crippen molar-refractivity contribution in [3.05, 3.63) is 22.8 Å². The largest absolute Gasteiger partial charge is 0.312 e. The summed E-state index contributed by atoms with van der Waals surface area (Å²) < 4.78 is 0. The van der Waals surface area contributed by atoms with Crippen molar-refractivity contribution < 1.29 is 0 Å². The molecule has 0 bridgehead atoms.